The molecule has 6 aromatic carbocycles. The van der Waals surface area contributed by atoms with Gasteiger partial charge in [-0.2, -0.15) is 0 Å². The largest absolute Gasteiger partial charge is 0.512 e. The Bertz CT molecular complexity index is 3040. The number of hydrogen-bond donors (Lipinski definition) is 1. The van der Waals surface area contributed by atoms with Crippen LogP contribution in [0.1, 0.15) is 40.3 Å². The number of nitrogens with zero attached hydrogens (tertiary/aromatic N) is 4. The zero-order chi connectivity index (χ0) is 42.5. The fraction of sp³-hybridized carbons (Fsp3) is 0.113. The summed E-state index contributed by atoms with van der Waals surface area (Å²) in [5.74, 6) is -0.0625. The predicted octanol–water partition coefficient (Wildman–Crippen LogP) is 14.0. The summed E-state index contributed by atoms with van der Waals surface area (Å²) >= 11 is 1.86. The van der Waals surface area contributed by atoms with E-state index in [2.05, 4.69) is 138 Å². The molecule has 0 spiro atoms. The van der Waals surface area contributed by atoms with Crippen LogP contribution in [-0.2, 0) is 30.3 Å². The SMILES string of the molecule is CC(=O)C=C(C)O.CC(C)(C)c1cc(-c2[c-]cccc2)ncn1.[Ir].c1cc(-c2cccc(-c3cccc4c3sc3ccccc34)c2)cc(-c2ncnc3c2oc2ccccc23)c1. The van der Waals surface area contributed by atoms with Gasteiger partial charge in [-0.15, -0.1) is 47.2 Å². The number of fused-ring (bicyclic) bond motifs is 6. The second-order valence-electron chi connectivity index (χ2n) is 15.7. The Morgan fingerprint density at radius 2 is 1.32 bits per heavy atom. The van der Waals surface area contributed by atoms with Gasteiger partial charge in [0.15, 0.2) is 11.4 Å². The molecule has 0 atom stereocenters. The summed E-state index contributed by atoms with van der Waals surface area (Å²) in [7, 11) is 0. The summed E-state index contributed by atoms with van der Waals surface area (Å²) in [6.07, 6.45) is 4.41. The molecular formula is C53H43IrN4O3S-. The van der Waals surface area contributed by atoms with Crippen molar-refractivity contribution in [1.29, 1.82) is 0 Å². The summed E-state index contributed by atoms with van der Waals surface area (Å²) < 4.78 is 8.85. The van der Waals surface area contributed by atoms with Gasteiger partial charge < -0.3 is 9.52 Å². The van der Waals surface area contributed by atoms with E-state index in [0.717, 1.165) is 61.4 Å². The third-order valence-corrected chi connectivity index (χ3v) is 11.3. The predicted molar refractivity (Wildman–Crippen MR) is 251 cm³/mol. The van der Waals surface area contributed by atoms with Gasteiger partial charge in [0.1, 0.15) is 29.4 Å². The summed E-state index contributed by atoms with van der Waals surface area (Å²) in [5.41, 5.74) is 12.0. The number of para-hydroxylation sites is 1. The van der Waals surface area contributed by atoms with Crippen molar-refractivity contribution in [2.45, 2.75) is 40.0 Å². The van der Waals surface area contributed by atoms with Gasteiger partial charge in [0, 0.05) is 68.4 Å². The maximum Gasteiger partial charge on any atom is 0.180 e. The molecule has 0 amide bonds. The van der Waals surface area contributed by atoms with Crippen LogP contribution in [0.3, 0.4) is 0 Å². The number of benzene rings is 6. The molecule has 0 saturated carbocycles. The third-order valence-electron chi connectivity index (χ3n) is 10.0. The van der Waals surface area contributed by atoms with Crippen molar-refractivity contribution in [1.82, 2.24) is 19.9 Å². The Morgan fingerprint density at radius 1 is 0.677 bits per heavy atom. The van der Waals surface area contributed by atoms with Gasteiger partial charge in [0.05, 0.1) is 5.76 Å². The maximum absolute atomic E-state index is 10.0. The van der Waals surface area contributed by atoms with Crippen LogP contribution in [0.15, 0.2) is 174 Å². The molecule has 0 aliphatic heterocycles. The van der Waals surface area contributed by atoms with Crippen molar-refractivity contribution in [2.75, 3.05) is 0 Å². The third kappa shape index (κ3) is 9.61. The quantitative estimate of drug-likeness (QED) is 0.104. The Morgan fingerprint density at radius 3 is 2.03 bits per heavy atom. The van der Waals surface area contributed by atoms with E-state index in [4.69, 9.17) is 9.52 Å². The molecule has 7 nitrogen and oxygen atoms in total. The number of aliphatic hydroxyl groups excluding tert-OH is 1. The number of hydrogen-bond acceptors (Lipinski definition) is 8. The number of rotatable bonds is 5. The number of aromatic nitrogens is 4. The van der Waals surface area contributed by atoms with E-state index in [1.165, 1.54) is 51.2 Å². The monoisotopic (exact) mass is 1010 g/mol. The van der Waals surface area contributed by atoms with Gasteiger partial charge in [-0.25, -0.2) is 15.0 Å². The van der Waals surface area contributed by atoms with Crippen LogP contribution in [0, 0.1) is 6.07 Å². The molecule has 10 rings (SSSR count). The van der Waals surface area contributed by atoms with E-state index in [-0.39, 0.29) is 37.1 Å². The Kier molecular flexibility index (Phi) is 13.3. The van der Waals surface area contributed by atoms with Crippen molar-refractivity contribution >= 4 is 59.4 Å². The number of carbonyl (C=O) groups is 1. The van der Waals surface area contributed by atoms with Crippen LogP contribution in [0.4, 0.5) is 0 Å². The summed E-state index contributed by atoms with van der Waals surface area (Å²) in [5, 5.41) is 12.0. The second kappa shape index (κ2) is 19.0. The zero-order valence-corrected chi connectivity index (χ0v) is 38.1. The normalized spacial score (nSPS) is 11.4. The first-order valence-corrected chi connectivity index (χ1v) is 20.8. The molecule has 309 valence electrons. The molecule has 10 aromatic rings. The molecule has 0 unspecified atom stereocenters. The van der Waals surface area contributed by atoms with Crippen LogP contribution in [-0.4, -0.2) is 30.8 Å². The minimum absolute atomic E-state index is 0. The van der Waals surface area contributed by atoms with Gasteiger partial charge in [-0.3, -0.25) is 9.78 Å². The molecular weight excluding hydrogens is 965 g/mol. The average Bonchev–Trinajstić information content (AvgIpc) is 3.85. The average molecular weight is 1010 g/mol. The van der Waals surface area contributed by atoms with Gasteiger partial charge in [0.25, 0.3) is 0 Å². The first kappa shape index (κ1) is 43.4. The minimum atomic E-state index is -0.125. The van der Waals surface area contributed by atoms with E-state index in [0.29, 0.717) is 0 Å². The van der Waals surface area contributed by atoms with E-state index < -0.39 is 0 Å². The molecule has 0 saturated heterocycles. The smallest absolute Gasteiger partial charge is 0.180 e. The van der Waals surface area contributed by atoms with Gasteiger partial charge in [-0.1, -0.05) is 112 Å². The zero-order valence-electron chi connectivity index (χ0n) is 34.9. The molecule has 1 radical (unpaired) electrons. The fourth-order valence-corrected chi connectivity index (χ4v) is 8.42. The first-order valence-electron chi connectivity index (χ1n) is 19.9. The first-order chi connectivity index (χ1) is 29.5. The molecule has 0 aliphatic carbocycles. The number of aliphatic hydroxyl groups is 1. The van der Waals surface area contributed by atoms with Crippen LogP contribution in [0.2, 0.25) is 0 Å². The maximum atomic E-state index is 10.0. The van der Waals surface area contributed by atoms with Crippen LogP contribution < -0.4 is 0 Å². The van der Waals surface area contributed by atoms with E-state index >= 15 is 0 Å². The number of ketones is 1. The Labute approximate surface area is 378 Å². The molecule has 62 heavy (non-hydrogen) atoms. The Hall–Kier alpha value is -6.64. The number of carbonyl (C=O) groups excluding carboxylic acids is 1. The Balaban J connectivity index is 0.000000200. The molecule has 0 fully saturated rings. The van der Waals surface area contributed by atoms with Gasteiger partial charge in [-0.05, 0) is 72.1 Å². The molecule has 0 aliphatic rings. The van der Waals surface area contributed by atoms with E-state index in [1.807, 2.05) is 65.9 Å². The fourth-order valence-electron chi connectivity index (χ4n) is 7.18. The van der Waals surface area contributed by atoms with Crippen molar-refractivity contribution in [3.63, 3.8) is 0 Å². The van der Waals surface area contributed by atoms with Crippen LogP contribution in [0.5, 0.6) is 0 Å². The molecule has 9 heteroatoms. The van der Waals surface area contributed by atoms with Gasteiger partial charge in [0.2, 0.25) is 0 Å². The second-order valence-corrected chi connectivity index (χ2v) is 16.7. The standard InChI is InChI=1S/C34H20N2OS.C14H15N2.C5H8O2.Ir/c1-3-16-29-28(13-1)32-33(37-29)31(35-20-36-32)24-11-6-9-22(19-24)21-8-5-10-23(18-21)25-14-7-15-27-26-12-2-4-17-30(26)38-34(25)27;1-14(2,3)13-9-12(15-10-16-13)11-7-5-4-6-8-11;1-4(6)3-5(2)7;/h1-20H;4-7,9-10H,1-3H3;3,6H,1-2H3;/q;-1;;. The van der Waals surface area contributed by atoms with Crippen LogP contribution >= 0.6 is 11.3 Å². The molecule has 4 aromatic heterocycles. The van der Waals surface area contributed by atoms with Crippen molar-refractivity contribution in [3.05, 3.63) is 182 Å². The topological polar surface area (TPSA) is 102 Å². The summed E-state index contributed by atoms with van der Waals surface area (Å²) in [6, 6.07) is 53.6. The van der Waals surface area contributed by atoms with E-state index in [1.54, 1.807) is 12.7 Å². The summed E-state index contributed by atoms with van der Waals surface area (Å²) in [4.78, 5) is 27.8. The summed E-state index contributed by atoms with van der Waals surface area (Å²) in [6.45, 7) is 9.29. The van der Waals surface area contributed by atoms with Gasteiger partial charge >= 0.3 is 0 Å². The number of allylic oxidation sites excluding steroid dienone is 2. The van der Waals surface area contributed by atoms with Crippen molar-refractivity contribution in [3.8, 4) is 44.8 Å². The molecule has 1 N–H and O–H groups in total. The van der Waals surface area contributed by atoms with Crippen molar-refractivity contribution in [2.24, 2.45) is 0 Å². The number of thiophene rings is 1. The van der Waals surface area contributed by atoms with Crippen molar-refractivity contribution < 1.29 is 34.4 Å². The molecule has 4 heterocycles. The molecule has 0 bridgehead atoms. The number of furan rings is 1. The minimum Gasteiger partial charge on any atom is -0.512 e. The van der Waals surface area contributed by atoms with Crippen LogP contribution in [0.25, 0.3) is 87.0 Å². The van der Waals surface area contributed by atoms with E-state index in [9.17, 15) is 4.79 Å².